The Bertz CT molecular complexity index is 581. The van der Waals surface area contributed by atoms with Crippen molar-refractivity contribution < 1.29 is 4.79 Å². The van der Waals surface area contributed by atoms with E-state index < -0.39 is 0 Å². The van der Waals surface area contributed by atoms with Crippen LogP contribution in [-0.4, -0.2) is 15.3 Å². The summed E-state index contributed by atoms with van der Waals surface area (Å²) < 4.78 is 4.00. The van der Waals surface area contributed by atoms with E-state index in [0.717, 1.165) is 22.8 Å². The van der Waals surface area contributed by atoms with Crippen molar-refractivity contribution in [3.8, 4) is 0 Å². The predicted octanol–water partition coefficient (Wildman–Crippen LogP) is 1.69. The van der Waals surface area contributed by atoms with Gasteiger partial charge in [0.15, 0.2) is 0 Å². The van der Waals surface area contributed by atoms with Crippen molar-refractivity contribution in [2.24, 2.45) is 5.84 Å². The van der Waals surface area contributed by atoms with Crippen LogP contribution in [0.3, 0.4) is 0 Å². The van der Waals surface area contributed by atoms with Crippen LogP contribution >= 0.6 is 11.5 Å². The molecule has 1 amide bonds. The summed E-state index contributed by atoms with van der Waals surface area (Å²) in [4.78, 5) is 16.0. The van der Waals surface area contributed by atoms with E-state index in [1.807, 2.05) is 6.92 Å². The SMILES string of the molecule is Cc1nsc(NC(=O)c2ccc(NN)c(C)c2)n1. The number of nitrogen functional groups attached to an aromatic ring is 1. The lowest BCUT2D eigenvalue weighted by molar-refractivity contribution is 0.102. The number of carbonyl (C=O) groups excluding carboxylic acids is 1. The van der Waals surface area contributed by atoms with Crippen molar-refractivity contribution in [1.29, 1.82) is 0 Å². The normalized spacial score (nSPS) is 10.2. The Hall–Kier alpha value is -1.99. The highest BCUT2D eigenvalue weighted by Gasteiger charge is 2.10. The number of nitrogens with two attached hydrogens (primary N) is 1. The Morgan fingerprint density at radius 3 is 2.72 bits per heavy atom. The average Bonchev–Trinajstić information content (AvgIpc) is 2.74. The van der Waals surface area contributed by atoms with Crippen molar-refractivity contribution in [2.45, 2.75) is 13.8 Å². The molecule has 0 aliphatic carbocycles. The minimum Gasteiger partial charge on any atom is -0.324 e. The Morgan fingerprint density at radius 1 is 1.39 bits per heavy atom. The highest BCUT2D eigenvalue weighted by molar-refractivity contribution is 7.09. The molecule has 0 aliphatic rings. The molecule has 4 N–H and O–H groups in total. The fourth-order valence-electron chi connectivity index (χ4n) is 1.48. The van der Waals surface area contributed by atoms with Crippen LogP contribution < -0.4 is 16.6 Å². The van der Waals surface area contributed by atoms with Crippen LogP contribution in [-0.2, 0) is 0 Å². The zero-order chi connectivity index (χ0) is 13.1. The summed E-state index contributed by atoms with van der Waals surface area (Å²) in [6, 6.07) is 5.22. The summed E-state index contributed by atoms with van der Waals surface area (Å²) in [5.41, 5.74) is 4.81. The average molecular weight is 263 g/mol. The van der Waals surface area contributed by atoms with Crippen LogP contribution in [0.4, 0.5) is 10.8 Å². The third-order valence-corrected chi connectivity index (χ3v) is 3.11. The smallest absolute Gasteiger partial charge is 0.257 e. The van der Waals surface area contributed by atoms with E-state index >= 15 is 0 Å². The van der Waals surface area contributed by atoms with Gasteiger partial charge in [-0.1, -0.05) is 0 Å². The van der Waals surface area contributed by atoms with Crippen molar-refractivity contribution in [1.82, 2.24) is 9.36 Å². The lowest BCUT2D eigenvalue weighted by Crippen LogP contribution is -2.13. The minimum atomic E-state index is -0.210. The van der Waals surface area contributed by atoms with Crippen LogP contribution in [0, 0.1) is 13.8 Å². The first-order chi connectivity index (χ1) is 8.60. The summed E-state index contributed by atoms with van der Waals surface area (Å²) in [7, 11) is 0. The number of hydrogen-bond donors (Lipinski definition) is 3. The van der Waals surface area contributed by atoms with Crippen molar-refractivity contribution in [3.05, 3.63) is 35.2 Å². The Labute approximate surface area is 108 Å². The number of anilines is 2. The molecule has 0 aliphatic heterocycles. The van der Waals surface area contributed by atoms with Gasteiger partial charge >= 0.3 is 0 Å². The van der Waals surface area contributed by atoms with E-state index in [2.05, 4.69) is 20.1 Å². The summed E-state index contributed by atoms with van der Waals surface area (Å²) in [5.74, 6) is 5.77. The Balaban J connectivity index is 2.16. The van der Waals surface area contributed by atoms with Crippen LogP contribution in [0.5, 0.6) is 0 Å². The van der Waals surface area contributed by atoms with Crippen molar-refractivity contribution in [2.75, 3.05) is 10.7 Å². The van der Waals surface area contributed by atoms with Crippen LogP contribution in [0.2, 0.25) is 0 Å². The van der Waals surface area contributed by atoms with Gasteiger partial charge in [0.1, 0.15) is 5.82 Å². The maximum absolute atomic E-state index is 12.0. The van der Waals surface area contributed by atoms with Gasteiger partial charge < -0.3 is 5.43 Å². The van der Waals surface area contributed by atoms with E-state index in [9.17, 15) is 4.79 Å². The monoisotopic (exact) mass is 263 g/mol. The molecule has 0 saturated carbocycles. The topological polar surface area (TPSA) is 92.9 Å². The van der Waals surface area contributed by atoms with Gasteiger partial charge in [-0.25, -0.2) is 4.98 Å². The molecule has 0 radical (unpaired) electrons. The fourth-order valence-corrected chi connectivity index (χ4v) is 2.05. The van der Waals surface area contributed by atoms with E-state index in [4.69, 9.17) is 5.84 Å². The van der Waals surface area contributed by atoms with Crippen molar-refractivity contribution in [3.63, 3.8) is 0 Å². The second-order valence-electron chi connectivity index (χ2n) is 3.77. The van der Waals surface area contributed by atoms with Gasteiger partial charge in [-0.3, -0.25) is 16.0 Å². The van der Waals surface area contributed by atoms with Gasteiger partial charge in [0.25, 0.3) is 5.91 Å². The molecule has 0 atom stereocenters. The highest BCUT2D eigenvalue weighted by atomic mass is 32.1. The van der Waals surface area contributed by atoms with E-state index in [-0.39, 0.29) is 5.91 Å². The van der Waals surface area contributed by atoms with Gasteiger partial charge in [-0.2, -0.15) is 4.37 Å². The molecule has 1 aromatic carbocycles. The van der Waals surface area contributed by atoms with Gasteiger partial charge in [0, 0.05) is 17.1 Å². The summed E-state index contributed by atoms with van der Waals surface area (Å²) >= 11 is 1.16. The van der Waals surface area contributed by atoms with Gasteiger partial charge in [0.05, 0.1) is 5.69 Å². The molecular formula is C11H13N5OS. The standard InChI is InChI=1S/C11H13N5OS/c1-6-5-8(3-4-9(6)15-12)10(17)14-11-13-7(2)16-18-11/h3-5,15H,12H2,1-2H3,(H,13,14,16,17). The van der Waals surface area contributed by atoms with E-state index in [1.54, 1.807) is 25.1 Å². The number of rotatable bonds is 3. The molecule has 2 aromatic rings. The molecule has 94 valence electrons. The second kappa shape index (κ2) is 5.11. The number of amides is 1. The van der Waals surface area contributed by atoms with Gasteiger partial charge in [0.2, 0.25) is 5.13 Å². The molecule has 6 nitrogen and oxygen atoms in total. The number of nitrogens with one attached hydrogen (secondary N) is 2. The van der Waals surface area contributed by atoms with Crippen molar-refractivity contribution >= 4 is 28.3 Å². The van der Waals surface area contributed by atoms with Gasteiger partial charge in [-0.05, 0) is 37.6 Å². The fraction of sp³-hybridized carbons (Fsp3) is 0.182. The zero-order valence-electron chi connectivity index (χ0n) is 10.0. The number of nitrogens with zero attached hydrogens (tertiary/aromatic N) is 2. The molecule has 0 bridgehead atoms. The zero-order valence-corrected chi connectivity index (χ0v) is 10.8. The maximum Gasteiger partial charge on any atom is 0.257 e. The molecule has 1 heterocycles. The molecule has 0 spiro atoms. The predicted molar refractivity (Wildman–Crippen MR) is 71.6 cm³/mol. The number of aryl methyl sites for hydroxylation is 2. The number of hydrogen-bond acceptors (Lipinski definition) is 6. The minimum absolute atomic E-state index is 0.210. The number of benzene rings is 1. The highest BCUT2D eigenvalue weighted by Crippen LogP contribution is 2.17. The quantitative estimate of drug-likeness (QED) is 0.579. The lowest BCUT2D eigenvalue weighted by Gasteiger charge is -2.07. The maximum atomic E-state index is 12.0. The Kier molecular flexibility index (Phi) is 3.54. The lowest BCUT2D eigenvalue weighted by atomic mass is 10.1. The molecule has 0 saturated heterocycles. The summed E-state index contributed by atoms with van der Waals surface area (Å²) in [6.07, 6.45) is 0. The van der Waals surface area contributed by atoms with E-state index in [0.29, 0.717) is 16.5 Å². The third-order valence-electron chi connectivity index (χ3n) is 2.39. The first-order valence-corrected chi connectivity index (χ1v) is 6.06. The van der Waals surface area contributed by atoms with Crippen LogP contribution in [0.15, 0.2) is 18.2 Å². The first kappa shape index (κ1) is 12.5. The number of hydrazine groups is 1. The number of aromatic nitrogens is 2. The Morgan fingerprint density at radius 2 is 2.17 bits per heavy atom. The molecule has 0 unspecified atom stereocenters. The summed E-state index contributed by atoms with van der Waals surface area (Å²) in [5, 5.41) is 3.19. The largest absolute Gasteiger partial charge is 0.324 e. The van der Waals surface area contributed by atoms with Gasteiger partial charge in [-0.15, -0.1) is 0 Å². The molecule has 1 aromatic heterocycles. The van der Waals surface area contributed by atoms with Crippen LogP contribution in [0.1, 0.15) is 21.7 Å². The molecular weight excluding hydrogens is 250 g/mol. The van der Waals surface area contributed by atoms with E-state index in [1.165, 1.54) is 0 Å². The summed E-state index contributed by atoms with van der Waals surface area (Å²) in [6.45, 7) is 3.65. The second-order valence-corrected chi connectivity index (χ2v) is 4.53. The molecule has 2 rings (SSSR count). The van der Waals surface area contributed by atoms with Crippen LogP contribution in [0.25, 0.3) is 0 Å². The number of carbonyl (C=O) groups is 1. The first-order valence-electron chi connectivity index (χ1n) is 5.29. The molecule has 7 heteroatoms. The molecule has 18 heavy (non-hydrogen) atoms. The third kappa shape index (κ3) is 2.63. The molecule has 0 fully saturated rings.